The number of rotatable bonds is 3. The molecular formula is C10H13FN2O2. The number of nitrogens with one attached hydrogen (secondary N) is 1. The number of amides is 2. The maximum absolute atomic E-state index is 13.2. The molecule has 0 saturated carbocycles. The normalized spacial score (nSPS) is 12.2. The molecule has 0 heterocycles. The van der Waals surface area contributed by atoms with Crippen molar-refractivity contribution in [3.05, 3.63) is 35.1 Å². The lowest BCUT2D eigenvalue weighted by atomic mass is 10.1. The quantitative estimate of drug-likeness (QED) is 0.694. The predicted molar refractivity (Wildman–Crippen MR) is 53.7 cm³/mol. The maximum atomic E-state index is 13.2. The standard InChI is InChI=1S/C10H13FN2O2/c1-6-2-3-7(4-8(6)11)9(5-14)13-10(12)15/h2-4,9,14H,5H2,1H3,(H3,12,13,15). The van der Waals surface area contributed by atoms with E-state index in [1.807, 2.05) is 0 Å². The van der Waals surface area contributed by atoms with E-state index in [-0.39, 0.29) is 12.4 Å². The molecule has 1 aromatic carbocycles. The first-order chi connectivity index (χ1) is 7.04. The van der Waals surface area contributed by atoms with Gasteiger partial charge in [0.15, 0.2) is 0 Å². The van der Waals surface area contributed by atoms with Crippen LogP contribution < -0.4 is 11.1 Å². The third-order valence-electron chi connectivity index (χ3n) is 2.10. The zero-order valence-corrected chi connectivity index (χ0v) is 8.33. The zero-order valence-electron chi connectivity index (χ0n) is 8.33. The first-order valence-electron chi connectivity index (χ1n) is 4.47. The van der Waals surface area contributed by atoms with E-state index >= 15 is 0 Å². The molecule has 4 N–H and O–H groups in total. The van der Waals surface area contributed by atoms with Crippen LogP contribution in [0.4, 0.5) is 9.18 Å². The molecule has 1 atom stereocenters. The molecule has 82 valence electrons. The van der Waals surface area contributed by atoms with Crippen LogP contribution >= 0.6 is 0 Å². The average Bonchev–Trinajstić information content (AvgIpc) is 2.18. The Bertz CT molecular complexity index is 368. The Morgan fingerprint density at radius 3 is 2.80 bits per heavy atom. The Hall–Kier alpha value is -1.62. The summed E-state index contributed by atoms with van der Waals surface area (Å²) in [5, 5.41) is 11.3. The molecular weight excluding hydrogens is 199 g/mol. The Kier molecular flexibility index (Phi) is 3.62. The summed E-state index contributed by atoms with van der Waals surface area (Å²) in [6.07, 6.45) is 0. The van der Waals surface area contributed by atoms with Gasteiger partial charge >= 0.3 is 6.03 Å². The van der Waals surface area contributed by atoms with Crippen LogP contribution in [0.5, 0.6) is 0 Å². The summed E-state index contributed by atoms with van der Waals surface area (Å²) >= 11 is 0. The number of halogens is 1. The van der Waals surface area contributed by atoms with Crippen molar-refractivity contribution in [3.8, 4) is 0 Å². The number of hydrogen-bond donors (Lipinski definition) is 3. The maximum Gasteiger partial charge on any atom is 0.312 e. The van der Waals surface area contributed by atoms with Crippen molar-refractivity contribution in [3.63, 3.8) is 0 Å². The van der Waals surface area contributed by atoms with E-state index in [0.29, 0.717) is 11.1 Å². The smallest absolute Gasteiger partial charge is 0.312 e. The number of hydrogen-bond acceptors (Lipinski definition) is 2. The van der Waals surface area contributed by atoms with Gasteiger partial charge in [-0.05, 0) is 24.1 Å². The van der Waals surface area contributed by atoms with Crippen molar-refractivity contribution in [1.29, 1.82) is 0 Å². The number of carbonyl (C=O) groups excluding carboxylic acids is 1. The molecule has 5 heteroatoms. The first-order valence-corrected chi connectivity index (χ1v) is 4.47. The van der Waals surface area contributed by atoms with Gasteiger partial charge in [-0.3, -0.25) is 0 Å². The van der Waals surface area contributed by atoms with E-state index in [0.717, 1.165) is 0 Å². The summed E-state index contributed by atoms with van der Waals surface area (Å²) in [5.74, 6) is -0.378. The molecule has 0 aliphatic rings. The number of aryl methyl sites for hydroxylation is 1. The molecule has 1 rings (SSSR count). The summed E-state index contributed by atoms with van der Waals surface area (Å²) in [7, 11) is 0. The number of carbonyl (C=O) groups is 1. The van der Waals surface area contributed by atoms with Crippen molar-refractivity contribution in [1.82, 2.24) is 5.32 Å². The summed E-state index contributed by atoms with van der Waals surface area (Å²) in [6, 6.07) is 3.06. The third-order valence-corrected chi connectivity index (χ3v) is 2.10. The van der Waals surface area contributed by atoms with Gasteiger partial charge in [-0.15, -0.1) is 0 Å². The molecule has 0 aliphatic carbocycles. The van der Waals surface area contributed by atoms with Crippen molar-refractivity contribution in [2.45, 2.75) is 13.0 Å². The summed E-state index contributed by atoms with van der Waals surface area (Å²) in [6.45, 7) is 1.31. The minimum absolute atomic E-state index is 0.328. The zero-order chi connectivity index (χ0) is 11.4. The van der Waals surface area contributed by atoms with E-state index in [9.17, 15) is 9.18 Å². The fourth-order valence-corrected chi connectivity index (χ4v) is 1.23. The molecule has 2 amide bonds. The van der Waals surface area contributed by atoms with Crippen LogP contribution in [0.15, 0.2) is 18.2 Å². The second kappa shape index (κ2) is 4.75. The molecule has 0 bridgehead atoms. The van der Waals surface area contributed by atoms with Crippen molar-refractivity contribution in [2.75, 3.05) is 6.61 Å². The highest BCUT2D eigenvalue weighted by Gasteiger charge is 2.12. The number of aliphatic hydroxyl groups excluding tert-OH is 1. The molecule has 0 aromatic heterocycles. The molecule has 0 spiro atoms. The van der Waals surface area contributed by atoms with Crippen molar-refractivity contribution in [2.24, 2.45) is 5.73 Å². The summed E-state index contributed by atoms with van der Waals surface area (Å²) in [4.78, 5) is 10.6. The highest BCUT2D eigenvalue weighted by molar-refractivity contribution is 5.72. The van der Waals surface area contributed by atoms with Crippen LogP contribution in [0.1, 0.15) is 17.2 Å². The Morgan fingerprint density at radius 1 is 1.67 bits per heavy atom. The van der Waals surface area contributed by atoms with Crippen LogP contribution in [-0.4, -0.2) is 17.7 Å². The van der Waals surface area contributed by atoms with Gasteiger partial charge in [0.2, 0.25) is 0 Å². The van der Waals surface area contributed by atoms with Crippen LogP contribution in [0.3, 0.4) is 0 Å². The molecule has 0 aliphatic heterocycles. The van der Waals surface area contributed by atoms with Crippen LogP contribution in [0.2, 0.25) is 0 Å². The second-order valence-electron chi connectivity index (χ2n) is 3.25. The van der Waals surface area contributed by atoms with E-state index in [1.165, 1.54) is 6.07 Å². The molecule has 1 aromatic rings. The van der Waals surface area contributed by atoms with Gasteiger partial charge in [-0.2, -0.15) is 0 Å². The van der Waals surface area contributed by atoms with Gasteiger partial charge in [0.05, 0.1) is 12.6 Å². The number of urea groups is 1. The third kappa shape index (κ3) is 2.92. The topological polar surface area (TPSA) is 75.3 Å². The Labute approximate surface area is 86.9 Å². The molecule has 1 unspecified atom stereocenters. The van der Waals surface area contributed by atoms with Gasteiger partial charge < -0.3 is 16.2 Å². The lowest BCUT2D eigenvalue weighted by Gasteiger charge is -2.15. The fraction of sp³-hybridized carbons (Fsp3) is 0.300. The SMILES string of the molecule is Cc1ccc(C(CO)NC(N)=O)cc1F. The summed E-state index contributed by atoms with van der Waals surface area (Å²) < 4.78 is 13.2. The first kappa shape index (κ1) is 11.5. The fourth-order valence-electron chi connectivity index (χ4n) is 1.23. The molecule has 0 saturated heterocycles. The lowest BCUT2D eigenvalue weighted by Crippen LogP contribution is -2.35. The number of primary amides is 1. The minimum atomic E-state index is -0.755. The van der Waals surface area contributed by atoms with Crippen LogP contribution in [0, 0.1) is 12.7 Å². The lowest BCUT2D eigenvalue weighted by molar-refractivity contribution is 0.223. The van der Waals surface area contributed by atoms with Gasteiger partial charge in [0.1, 0.15) is 5.82 Å². The van der Waals surface area contributed by atoms with Crippen LogP contribution in [-0.2, 0) is 0 Å². The molecule has 4 nitrogen and oxygen atoms in total. The minimum Gasteiger partial charge on any atom is -0.394 e. The Morgan fingerprint density at radius 2 is 2.33 bits per heavy atom. The van der Waals surface area contributed by atoms with Gasteiger partial charge in [0, 0.05) is 0 Å². The average molecular weight is 212 g/mol. The largest absolute Gasteiger partial charge is 0.394 e. The van der Waals surface area contributed by atoms with Crippen molar-refractivity contribution < 1.29 is 14.3 Å². The van der Waals surface area contributed by atoms with E-state index in [2.05, 4.69) is 5.32 Å². The second-order valence-corrected chi connectivity index (χ2v) is 3.25. The van der Waals surface area contributed by atoms with Crippen LogP contribution in [0.25, 0.3) is 0 Å². The number of aliphatic hydroxyl groups is 1. The monoisotopic (exact) mass is 212 g/mol. The van der Waals surface area contributed by atoms with Gasteiger partial charge in [-0.1, -0.05) is 12.1 Å². The van der Waals surface area contributed by atoms with E-state index in [4.69, 9.17) is 10.8 Å². The van der Waals surface area contributed by atoms with E-state index in [1.54, 1.807) is 19.1 Å². The van der Waals surface area contributed by atoms with E-state index < -0.39 is 12.1 Å². The molecule has 0 fully saturated rings. The predicted octanol–water partition coefficient (Wildman–Crippen LogP) is 0.836. The van der Waals surface area contributed by atoms with Gasteiger partial charge in [-0.25, -0.2) is 9.18 Å². The highest BCUT2D eigenvalue weighted by Crippen LogP contribution is 2.16. The highest BCUT2D eigenvalue weighted by atomic mass is 19.1. The van der Waals surface area contributed by atoms with Crippen molar-refractivity contribution >= 4 is 6.03 Å². The summed E-state index contributed by atoms with van der Waals surface area (Å²) in [5.41, 5.74) is 5.91. The molecule has 15 heavy (non-hydrogen) atoms. The Balaban J connectivity index is 2.92. The number of benzene rings is 1. The van der Waals surface area contributed by atoms with Gasteiger partial charge in [0.25, 0.3) is 0 Å². The molecule has 0 radical (unpaired) electrons. The number of nitrogens with two attached hydrogens (primary N) is 1.